The Kier molecular flexibility index (Phi) is 4.50. The minimum absolute atomic E-state index is 0.102. The molecule has 2 rings (SSSR count). The highest BCUT2D eigenvalue weighted by atomic mass is 79.9. The fraction of sp³-hybridized carbons (Fsp3) is 0.500. The molecule has 1 fully saturated rings. The first kappa shape index (κ1) is 14.8. The Morgan fingerprint density at radius 3 is 2.68 bits per heavy atom. The Morgan fingerprint density at radius 2 is 2.00 bits per heavy atom. The molecule has 2 atom stereocenters. The summed E-state index contributed by atoms with van der Waals surface area (Å²) >= 11 is 3.21. The normalized spacial score (nSPS) is 24.3. The van der Waals surface area contributed by atoms with E-state index in [1.54, 1.807) is 12.1 Å². The third kappa shape index (κ3) is 3.47. The van der Waals surface area contributed by atoms with Crippen LogP contribution in [0.15, 0.2) is 27.6 Å². The lowest BCUT2D eigenvalue weighted by Gasteiger charge is -2.28. The predicted molar refractivity (Wildman–Crippen MR) is 77.1 cm³/mol. The summed E-state index contributed by atoms with van der Waals surface area (Å²) in [6, 6.07) is 4.20. The molecule has 1 saturated carbocycles. The molecule has 106 valence electrons. The first-order valence-corrected chi connectivity index (χ1v) is 8.43. The summed E-state index contributed by atoms with van der Waals surface area (Å²) in [4.78, 5) is 0.102. The number of aliphatic hydroxyl groups excluding tert-OH is 1. The quantitative estimate of drug-likeness (QED) is 0.723. The van der Waals surface area contributed by atoms with Crippen molar-refractivity contribution in [3.8, 4) is 0 Å². The zero-order valence-electron chi connectivity index (χ0n) is 10.3. The molecule has 0 amide bonds. The Balaban J connectivity index is 2.24. The highest BCUT2D eigenvalue weighted by molar-refractivity contribution is 9.10. The minimum atomic E-state index is -3.68. The van der Waals surface area contributed by atoms with Crippen molar-refractivity contribution in [2.45, 2.75) is 42.7 Å². The maximum absolute atomic E-state index is 12.3. The number of hydrogen-bond acceptors (Lipinski definition) is 4. The van der Waals surface area contributed by atoms with Gasteiger partial charge < -0.3 is 10.8 Å². The van der Waals surface area contributed by atoms with Crippen LogP contribution in [0.25, 0.3) is 0 Å². The molecule has 0 heterocycles. The van der Waals surface area contributed by atoms with E-state index in [-0.39, 0.29) is 4.90 Å². The van der Waals surface area contributed by atoms with Crippen molar-refractivity contribution in [2.75, 3.05) is 5.73 Å². The second-order valence-electron chi connectivity index (χ2n) is 4.77. The first-order chi connectivity index (χ1) is 8.90. The van der Waals surface area contributed by atoms with E-state index in [1.165, 1.54) is 6.07 Å². The first-order valence-electron chi connectivity index (χ1n) is 6.15. The molecule has 19 heavy (non-hydrogen) atoms. The van der Waals surface area contributed by atoms with Crippen molar-refractivity contribution in [3.05, 3.63) is 22.7 Å². The van der Waals surface area contributed by atoms with Crippen LogP contribution in [0.5, 0.6) is 0 Å². The largest absolute Gasteiger partial charge is 0.399 e. The molecule has 5 nitrogen and oxygen atoms in total. The Morgan fingerprint density at radius 1 is 1.32 bits per heavy atom. The lowest BCUT2D eigenvalue weighted by Crippen LogP contribution is -2.45. The third-order valence-electron chi connectivity index (χ3n) is 3.28. The molecule has 1 aliphatic rings. The summed E-state index contributed by atoms with van der Waals surface area (Å²) in [6.07, 6.45) is 2.51. The smallest absolute Gasteiger partial charge is 0.242 e. The zero-order chi connectivity index (χ0) is 14.0. The Bertz CT molecular complexity index is 562. The standard InChI is InChI=1S/C12H17BrN2O3S/c13-9-6-5-8(14)7-12(9)19(17,18)15-10-3-1-2-4-11(10)16/h5-7,10-11,15-16H,1-4,14H2. The van der Waals surface area contributed by atoms with Crippen LogP contribution >= 0.6 is 15.9 Å². The van der Waals surface area contributed by atoms with E-state index >= 15 is 0 Å². The summed E-state index contributed by atoms with van der Waals surface area (Å²) in [5.41, 5.74) is 6.00. The van der Waals surface area contributed by atoms with Crippen molar-refractivity contribution >= 4 is 31.6 Å². The third-order valence-corrected chi connectivity index (χ3v) is 5.76. The average Bonchev–Trinajstić information content (AvgIpc) is 2.35. The van der Waals surface area contributed by atoms with Crippen LogP contribution < -0.4 is 10.5 Å². The van der Waals surface area contributed by atoms with Crippen LogP contribution in [0.3, 0.4) is 0 Å². The van der Waals surface area contributed by atoms with Gasteiger partial charge in [0.25, 0.3) is 0 Å². The number of halogens is 1. The number of sulfonamides is 1. The molecule has 0 bridgehead atoms. The van der Waals surface area contributed by atoms with Gasteiger partial charge >= 0.3 is 0 Å². The lowest BCUT2D eigenvalue weighted by atomic mass is 9.93. The summed E-state index contributed by atoms with van der Waals surface area (Å²) in [6.45, 7) is 0. The molecule has 1 aromatic rings. The second kappa shape index (κ2) is 5.78. The number of hydrogen-bond donors (Lipinski definition) is 3. The van der Waals surface area contributed by atoms with E-state index in [0.717, 1.165) is 12.8 Å². The van der Waals surface area contributed by atoms with Gasteiger partial charge in [0.2, 0.25) is 10.0 Å². The van der Waals surface area contributed by atoms with Gasteiger partial charge in [-0.1, -0.05) is 12.8 Å². The fourth-order valence-corrected chi connectivity index (χ4v) is 4.54. The van der Waals surface area contributed by atoms with Crippen molar-refractivity contribution in [1.82, 2.24) is 4.72 Å². The van der Waals surface area contributed by atoms with Gasteiger partial charge in [0.05, 0.1) is 11.0 Å². The monoisotopic (exact) mass is 348 g/mol. The van der Waals surface area contributed by atoms with Gasteiger partial charge in [0.15, 0.2) is 0 Å². The van der Waals surface area contributed by atoms with E-state index in [2.05, 4.69) is 20.7 Å². The number of aliphatic hydroxyl groups is 1. The molecule has 0 aliphatic heterocycles. The van der Waals surface area contributed by atoms with E-state index in [9.17, 15) is 13.5 Å². The van der Waals surface area contributed by atoms with Crippen molar-refractivity contribution < 1.29 is 13.5 Å². The zero-order valence-corrected chi connectivity index (χ0v) is 12.7. The molecular weight excluding hydrogens is 332 g/mol. The van der Waals surface area contributed by atoms with Gasteiger partial charge in [-0.2, -0.15) is 0 Å². The van der Waals surface area contributed by atoms with Crippen LogP contribution in [0.4, 0.5) is 5.69 Å². The van der Waals surface area contributed by atoms with Crippen LogP contribution in [0.2, 0.25) is 0 Å². The Labute approximate surface area is 121 Å². The fourth-order valence-electron chi connectivity index (χ4n) is 2.24. The molecule has 2 unspecified atom stereocenters. The average molecular weight is 349 g/mol. The molecule has 1 aliphatic carbocycles. The topological polar surface area (TPSA) is 92.4 Å². The summed E-state index contributed by atoms with van der Waals surface area (Å²) in [5, 5.41) is 9.84. The maximum atomic E-state index is 12.3. The minimum Gasteiger partial charge on any atom is -0.399 e. The van der Waals surface area contributed by atoms with Gasteiger partial charge in [0, 0.05) is 16.2 Å². The molecule has 0 saturated heterocycles. The predicted octanol–water partition coefficient (Wildman–Crippen LogP) is 1.61. The highest BCUT2D eigenvalue weighted by Crippen LogP contribution is 2.26. The van der Waals surface area contributed by atoms with Gasteiger partial charge in [-0.3, -0.25) is 0 Å². The van der Waals surface area contributed by atoms with Crippen molar-refractivity contribution in [3.63, 3.8) is 0 Å². The van der Waals surface area contributed by atoms with Crippen LogP contribution in [0.1, 0.15) is 25.7 Å². The molecular formula is C12H17BrN2O3S. The van der Waals surface area contributed by atoms with Gasteiger partial charge in [-0.15, -0.1) is 0 Å². The number of rotatable bonds is 3. The van der Waals surface area contributed by atoms with Crippen molar-refractivity contribution in [1.29, 1.82) is 0 Å². The van der Waals surface area contributed by atoms with Crippen LogP contribution in [-0.4, -0.2) is 25.7 Å². The SMILES string of the molecule is Nc1ccc(Br)c(S(=O)(=O)NC2CCCCC2O)c1. The number of nitrogens with one attached hydrogen (secondary N) is 1. The number of benzene rings is 1. The molecule has 4 N–H and O–H groups in total. The number of anilines is 1. The maximum Gasteiger partial charge on any atom is 0.242 e. The van der Waals surface area contributed by atoms with Crippen LogP contribution in [-0.2, 0) is 10.0 Å². The number of nitrogens with two attached hydrogens (primary N) is 1. The molecule has 0 spiro atoms. The lowest BCUT2D eigenvalue weighted by molar-refractivity contribution is 0.101. The van der Waals surface area contributed by atoms with E-state index in [1.807, 2.05) is 0 Å². The highest BCUT2D eigenvalue weighted by Gasteiger charge is 2.29. The second-order valence-corrected chi connectivity index (χ2v) is 7.31. The Hall–Kier alpha value is -0.630. The molecule has 1 aromatic carbocycles. The van der Waals surface area contributed by atoms with E-state index in [0.29, 0.717) is 23.0 Å². The summed E-state index contributed by atoms with van der Waals surface area (Å²) in [7, 11) is -3.68. The number of nitrogen functional groups attached to an aromatic ring is 1. The van der Waals surface area contributed by atoms with Gasteiger partial charge in [-0.05, 0) is 47.0 Å². The molecule has 0 radical (unpaired) electrons. The van der Waals surface area contributed by atoms with Crippen molar-refractivity contribution in [2.24, 2.45) is 0 Å². The van der Waals surface area contributed by atoms with Gasteiger partial charge in [0.1, 0.15) is 0 Å². The van der Waals surface area contributed by atoms with Gasteiger partial charge in [-0.25, -0.2) is 13.1 Å². The van der Waals surface area contributed by atoms with E-state index in [4.69, 9.17) is 5.73 Å². The molecule has 7 heteroatoms. The van der Waals surface area contributed by atoms with E-state index < -0.39 is 22.2 Å². The summed E-state index contributed by atoms with van der Waals surface area (Å²) in [5.74, 6) is 0. The van der Waals surface area contributed by atoms with Crippen LogP contribution in [0, 0.1) is 0 Å². The summed E-state index contributed by atoms with van der Waals surface area (Å²) < 4.78 is 27.6. The molecule has 0 aromatic heterocycles.